The fourth-order valence-electron chi connectivity index (χ4n) is 9.63. The Kier molecular flexibility index (Phi) is 2.26. The Morgan fingerprint density at radius 1 is 1.22 bits per heavy atom. The monoisotopic (exact) mass is 313 g/mol. The van der Waals surface area contributed by atoms with E-state index in [0.717, 1.165) is 17.9 Å². The van der Waals surface area contributed by atoms with Crippen LogP contribution >= 0.6 is 0 Å². The topological polar surface area (TPSA) is 23.5 Å². The Hall–Kier alpha value is -0.340. The average Bonchev–Trinajstić information content (AvgIpc) is 2.91. The zero-order valence-corrected chi connectivity index (χ0v) is 14.7. The summed E-state index contributed by atoms with van der Waals surface area (Å²) in [7, 11) is 0. The van der Waals surface area contributed by atoms with Crippen LogP contribution in [-0.2, 0) is 0 Å². The molecule has 5 aliphatic carbocycles. The van der Waals surface area contributed by atoms with Crippen LogP contribution in [0.2, 0.25) is 0 Å². The molecule has 0 aromatic heterocycles. The highest BCUT2D eigenvalue weighted by atomic mass is 16.3. The van der Waals surface area contributed by atoms with E-state index in [9.17, 15) is 5.11 Å². The van der Waals surface area contributed by atoms with Gasteiger partial charge in [0.1, 0.15) is 0 Å². The molecule has 7 aliphatic rings. The predicted octanol–water partition coefficient (Wildman–Crippen LogP) is 3.46. The van der Waals surface area contributed by atoms with Gasteiger partial charge in [0.2, 0.25) is 0 Å². The first-order chi connectivity index (χ1) is 10.9. The van der Waals surface area contributed by atoms with Gasteiger partial charge in [-0.3, -0.25) is 4.90 Å². The first-order valence-corrected chi connectivity index (χ1v) is 10.0. The van der Waals surface area contributed by atoms with Gasteiger partial charge >= 0.3 is 0 Å². The molecule has 1 unspecified atom stereocenters. The second-order valence-electron chi connectivity index (χ2n) is 10.6. The van der Waals surface area contributed by atoms with Gasteiger partial charge in [0, 0.05) is 24.5 Å². The molecule has 1 spiro atoms. The smallest absolute Gasteiger partial charge is 0.0812 e. The average molecular weight is 313 g/mol. The maximum absolute atomic E-state index is 11.3. The maximum atomic E-state index is 11.3. The van der Waals surface area contributed by atoms with Crippen molar-refractivity contribution in [1.29, 1.82) is 0 Å². The minimum absolute atomic E-state index is 0.157. The third-order valence-corrected chi connectivity index (χ3v) is 10.0. The van der Waals surface area contributed by atoms with Crippen LogP contribution in [0.5, 0.6) is 0 Å². The lowest BCUT2D eigenvalue weighted by Crippen LogP contribution is -2.68. The van der Waals surface area contributed by atoms with Crippen molar-refractivity contribution in [2.75, 3.05) is 13.1 Å². The molecule has 7 fully saturated rings. The van der Waals surface area contributed by atoms with E-state index in [1.807, 2.05) is 0 Å². The molecule has 7 rings (SSSR count). The summed E-state index contributed by atoms with van der Waals surface area (Å²) in [5.74, 6) is 2.96. The summed E-state index contributed by atoms with van der Waals surface area (Å²) in [4.78, 5) is 2.87. The van der Waals surface area contributed by atoms with Crippen molar-refractivity contribution in [3.05, 3.63) is 12.2 Å². The fraction of sp³-hybridized carbons (Fsp3) is 0.905. The third-order valence-electron chi connectivity index (χ3n) is 10.0. The number of piperidine rings is 1. The van der Waals surface area contributed by atoms with Crippen molar-refractivity contribution in [1.82, 2.24) is 4.90 Å². The number of fused-ring (bicyclic) bond motifs is 2. The van der Waals surface area contributed by atoms with Gasteiger partial charge in [0.05, 0.1) is 6.10 Å². The van der Waals surface area contributed by atoms with Gasteiger partial charge in [-0.15, -0.1) is 0 Å². The standard InChI is InChI=1S/C21H31NO/c1-12-7-14-8-16-20-6-4-5-19(3)10-22(11-20)15(17(19)20)9-21(12,16)18(23)13(14)2/h12,14-18,23H,2,4-11H2,1,3H3/t12-,14-,15+,16+,17-,18-,19+,20-,21+/m1/s1. The maximum Gasteiger partial charge on any atom is 0.0812 e. The molecule has 2 nitrogen and oxygen atoms in total. The Bertz CT molecular complexity index is 615. The summed E-state index contributed by atoms with van der Waals surface area (Å²) >= 11 is 0. The number of hydrogen-bond acceptors (Lipinski definition) is 2. The van der Waals surface area contributed by atoms with E-state index in [4.69, 9.17) is 0 Å². The van der Waals surface area contributed by atoms with Crippen LogP contribution in [-0.4, -0.2) is 35.2 Å². The summed E-state index contributed by atoms with van der Waals surface area (Å²) in [5, 5.41) is 11.3. The summed E-state index contributed by atoms with van der Waals surface area (Å²) in [6.45, 7) is 12.1. The molecule has 0 amide bonds. The minimum atomic E-state index is -0.221. The molecule has 2 heterocycles. The van der Waals surface area contributed by atoms with E-state index in [1.54, 1.807) is 0 Å². The molecule has 1 N–H and O–H groups in total. The normalized spacial score (nSPS) is 68.3. The molecule has 6 bridgehead atoms. The Morgan fingerprint density at radius 2 is 2.04 bits per heavy atom. The fourth-order valence-corrected chi connectivity index (χ4v) is 9.63. The molecule has 0 aromatic carbocycles. The highest BCUT2D eigenvalue weighted by Crippen LogP contribution is 2.78. The van der Waals surface area contributed by atoms with Gasteiger partial charge in [0.25, 0.3) is 0 Å². The molecule has 2 aliphatic heterocycles. The van der Waals surface area contributed by atoms with Gasteiger partial charge in [0.15, 0.2) is 0 Å². The zero-order valence-electron chi connectivity index (χ0n) is 14.7. The molecule has 23 heavy (non-hydrogen) atoms. The summed E-state index contributed by atoms with van der Waals surface area (Å²) in [6.07, 6.45) is 7.97. The first kappa shape index (κ1) is 13.9. The molecular formula is C21H31NO. The first-order valence-electron chi connectivity index (χ1n) is 10.0. The van der Waals surface area contributed by atoms with Crippen LogP contribution < -0.4 is 0 Å². The number of aliphatic hydroxyl groups excluding tert-OH is 1. The summed E-state index contributed by atoms with van der Waals surface area (Å²) in [5.41, 5.74) is 2.45. The van der Waals surface area contributed by atoms with Gasteiger partial charge in [-0.2, -0.15) is 0 Å². The van der Waals surface area contributed by atoms with Gasteiger partial charge in [-0.25, -0.2) is 0 Å². The van der Waals surface area contributed by atoms with E-state index >= 15 is 0 Å². The largest absolute Gasteiger partial charge is 0.388 e. The number of nitrogens with zero attached hydrogens (tertiary/aromatic N) is 1. The van der Waals surface area contributed by atoms with E-state index in [0.29, 0.717) is 22.7 Å². The molecule has 0 radical (unpaired) electrons. The highest BCUT2D eigenvalue weighted by molar-refractivity contribution is 5.33. The van der Waals surface area contributed by atoms with E-state index < -0.39 is 0 Å². The van der Waals surface area contributed by atoms with E-state index in [-0.39, 0.29) is 11.5 Å². The Labute approximate surface area is 140 Å². The number of rotatable bonds is 0. The summed E-state index contributed by atoms with van der Waals surface area (Å²) in [6, 6.07) is 0.760. The molecule has 2 heteroatoms. The van der Waals surface area contributed by atoms with E-state index in [1.165, 1.54) is 57.2 Å². The molecule has 126 valence electrons. The Morgan fingerprint density at radius 3 is 2.87 bits per heavy atom. The van der Waals surface area contributed by atoms with Crippen molar-refractivity contribution in [3.8, 4) is 0 Å². The second kappa shape index (κ2) is 3.75. The van der Waals surface area contributed by atoms with Crippen molar-refractivity contribution >= 4 is 0 Å². The van der Waals surface area contributed by atoms with Crippen LogP contribution in [0, 0.1) is 39.9 Å². The third kappa shape index (κ3) is 1.23. The molecule has 2 saturated heterocycles. The molecule has 5 saturated carbocycles. The van der Waals surface area contributed by atoms with Gasteiger partial charge in [-0.1, -0.05) is 26.8 Å². The minimum Gasteiger partial charge on any atom is -0.388 e. The second-order valence-corrected chi connectivity index (χ2v) is 10.6. The molecule has 0 aromatic rings. The van der Waals surface area contributed by atoms with Crippen LogP contribution in [0.4, 0.5) is 0 Å². The van der Waals surface area contributed by atoms with Crippen molar-refractivity contribution in [2.45, 2.75) is 64.5 Å². The lowest BCUT2D eigenvalue weighted by Gasteiger charge is -2.70. The van der Waals surface area contributed by atoms with Gasteiger partial charge in [-0.05, 0) is 72.2 Å². The van der Waals surface area contributed by atoms with Crippen molar-refractivity contribution in [2.24, 2.45) is 39.9 Å². The highest BCUT2D eigenvalue weighted by Gasteiger charge is 2.77. The van der Waals surface area contributed by atoms with Crippen molar-refractivity contribution < 1.29 is 5.11 Å². The SMILES string of the molecule is C=C1[C@@H]2C[C@@H](C)[C@]3(C[C@H]4[C@@H]5[C@@]6(C)CCC[C@@]5(CN4C6)[C@@H]3C2)[C@@H]1O. The molecular weight excluding hydrogens is 282 g/mol. The van der Waals surface area contributed by atoms with E-state index in [2.05, 4.69) is 25.3 Å². The Balaban J connectivity index is 1.56. The predicted molar refractivity (Wildman–Crippen MR) is 90.8 cm³/mol. The molecule has 10 atom stereocenters. The summed E-state index contributed by atoms with van der Waals surface area (Å²) < 4.78 is 0. The zero-order chi connectivity index (χ0) is 15.8. The number of hydrogen-bond donors (Lipinski definition) is 1. The van der Waals surface area contributed by atoms with Crippen LogP contribution in [0.15, 0.2) is 12.2 Å². The van der Waals surface area contributed by atoms with Crippen LogP contribution in [0.1, 0.15) is 52.4 Å². The number of aliphatic hydroxyl groups is 1. The quantitative estimate of drug-likeness (QED) is 0.692. The lowest BCUT2D eigenvalue weighted by atomic mass is 9.34. The van der Waals surface area contributed by atoms with Crippen LogP contribution in [0.3, 0.4) is 0 Å². The van der Waals surface area contributed by atoms with Crippen molar-refractivity contribution in [3.63, 3.8) is 0 Å². The van der Waals surface area contributed by atoms with Crippen LogP contribution in [0.25, 0.3) is 0 Å². The van der Waals surface area contributed by atoms with Gasteiger partial charge < -0.3 is 5.11 Å². The lowest BCUT2D eigenvalue weighted by molar-refractivity contribution is -0.212.